The molecule has 0 N–H and O–H groups in total. The summed E-state index contributed by atoms with van der Waals surface area (Å²) in [6.45, 7) is 25.2. The SMILES string of the molecule is CCCCC(C)(C)C(C)(CCCC)C(C)(CCCC)C(C)(CC)CCC. The third-order valence-corrected chi connectivity index (χ3v) is 8.84. The van der Waals surface area contributed by atoms with Gasteiger partial charge in [-0.1, -0.05) is 121 Å². The van der Waals surface area contributed by atoms with E-state index in [1.807, 2.05) is 0 Å². The molecule has 0 aliphatic rings. The van der Waals surface area contributed by atoms with Crippen molar-refractivity contribution in [3.8, 4) is 0 Å². The molecule has 26 heavy (non-hydrogen) atoms. The Kier molecular flexibility index (Phi) is 11.1. The van der Waals surface area contributed by atoms with Gasteiger partial charge in [0.2, 0.25) is 0 Å². The molecule has 0 heteroatoms. The topological polar surface area (TPSA) is 0 Å². The van der Waals surface area contributed by atoms with E-state index >= 15 is 0 Å². The smallest absolute Gasteiger partial charge is 0.0213 e. The molecule has 0 aromatic carbocycles. The first-order valence-electron chi connectivity index (χ1n) is 12.1. The maximum atomic E-state index is 2.70. The van der Waals surface area contributed by atoms with Crippen LogP contribution < -0.4 is 0 Å². The predicted molar refractivity (Wildman–Crippen MR) is 122 cm³/mol. The Morgan fingerprint density at radius 3 is 1.27 bits per heavy atom. The Bertz CT molecular complexity index is 368. The maximum Gasteiger partial charge on any atom is -0.0213 e. The van der Waals surface area contributed by atoms with Gasteiger partial charge in [0, 0.05) is 0 Å². The molecular formula is C26H54. The quantitative estimate of drug-likeness (QED) is 0.270. The summed E-state index contributed by atoms with van der Waals surface area (Å²) in [7, 11) is 0. The molecule has 0 saturated heterocycles. The zero-order valence-corrected chi connectivity index (χ0v) is 20.5. The first-order valence-corrected chi connectivity index (χ1v) is 12.1. The molecule has 0 aromatic heterocycles. The highest BCUT2D eigenvalue weighted by Crippen LogP contribution is 2.66. The number of hydrogen-bond acceptors (Lipinski definition) is 0. The lowest BCUT2D eigenvalue weighted by Gasteiger charge is -2.63. The van der Waals surface area contributed by atoms with Gasteiger partial charge in [-0.25, -0.2) is 0 Å². The molecule has 0 saturated carbocycles. The summed E-state index contributed by atoms with van der Waals surface area (Å²) in [4.78, 5) is 0. The van der Waals surface area contributed by atoms with Gasteiger partial charge in [-0.3, -0.25) is 0 Å². The van der Waals surface area contributed by atoms with Crippen LogP contribution in [0.25, 0.3) is 0 Å². The first kappa shape index (κ1) is 26.0. The molecular weight excluding hydrogens is 312 g/mol. The van der Waals surface area contributed by atoms with Crippen molar-refractivity contribution in [1.29, 1.82) is 0 Å². The van der Waals surface area contributed by atoms with Gasteiger partial charge in [0.05, 0.1) is 0 Å². The minimum absolute atomic E-state index is 0.389. The van der Waals surface area contributed by atoms with E-state index in [0.717, 1.165) is 0 Å². The summed E-state index contributed by atoms with van der Waals surface area (Å²) in [5.41, 5.74) is 1.61. The van der Waals surface area contributed by atoms with Crippen molar-refractivity contribution >= 4 is 0 Å². The fourth-order valence-electron chi connectivity index (χ4n) is 5.95. The van der Waals surface area contributed by atoms with Crippen LogP contribution in [-0.2, 0) is 0 Å². The van der Waals surface area contributed by atoms with Crippen LogP contribution in [0, 0.1) is 21.7 Å². The summed E-state index contributed by atoms with van der Waals surface area (Å²) in [6.07, 6.45) is 16.2. The van der Waals surface area contributed by atoms with E-state index in [-0.39, 0.29) is 0 Å². The number of hydrogen-bond donors (Lipinski definition) is 0. The lowest BCUT2D eigenvalue weighted by molar-refractivity contribution is -0.145. The third kappa shape index (κ3) is 5.29. The Morgan fingerprint density at radius 1 is 0.462 bits per heavy atom. The predicted octanol–water partition coefficient (Wildman–Crippen LogP) is 9.81. The fraction of sp³-hybridized carbons (Fsp3) is 1.00. The van der Waals surface area contributed by atoms with Crippen LogP contribution in [0.4, 0.5) is 0 Å². The van der Waals surface area contributed by atoms with Gasteiger partial charge in [-0.2, -0.15) is 0 Å². The average Bonchev–Trinajstić information content (AvgIpc) is 2.61. The largest absolute Gasteiger partial charge is 0.0654 e. The molecule has 158 valence electrons. The molecule has 0 radical (unpaired) electrons. The highest BCUT2D eigenvalue weighted by molar-refractivity contribution is 5.07. The molecule has 0 aliphatic carbocycles. The van der Waals surface area contributed by atoms with E-state index in [0.29, 0.717) is 21.7 Å². The number of unbranched alkanes of at least 4 members (excludes halogenated alkanes) is 3. The van der Waals surface area contributed by atoms with Gasteiger partial charge in [-0.05, 0) is 47.3 Å². The Balaban J connectivity index is 6.32. The van der Waals surface area contributed by atoms with E-state index in [1.54, 1.807) is 0 Å². The second-order valence-electron chi connectivity index (χ2n) is 10.5. The van der Waals surface area contributed by atoms with E-state index in [1.165, 1.54) is 77.0 Å². The van der Waals surface area contributed by atoms with Crippen LogP contribution in [0.5, 0.6) is 0 Å². The Morgan fingerprint density at radius 2 is 0.885 bits per heavy atom. The number of rotatable bonds is 15. The highest BCUT2D eigenvalue weighted by atomic mass is 14.6. The summed E-state index contributed by atoms with van der Waals surface area (Å²) >= 11 is 0. The molecule has 0 amide bonds. The summed E-state index contributed by atoms with van der Waals surface area (Å²) in [6, 6.07) is 0. The first-order chi connectivity index (χ1) is 12.1. The molecule has 0 aliphatic heterocycles. The van der Waals surface area contributed by atoms with Gasteiger partial charge in [-0.15, -0.1) is 0 Å². The molecule has 0 spiro atoms. The zero-order chi connectivity index (χ0) is 20.5. The van der Waals surface area contributed by atoms with Crippen molar-refractivity contribution in [3.63, 3.8) is 0 Å². The summed E-state index contributed by atoms with van der Waals surface area (Å²) in [5, 5.41) is 0. The standard InChI is InChI=1S/C26H54/c1-11-16-20-23(6,7)25(9,21-17-12-2)26(10,22-18-13-3)24(8,15-5)19-14-4/h11-22H2,1-10H3. The molecule has 0 rings (SSSR count). The van der Waals surface area contributed by atoms with Gasteiger partial charge in [0.15, 0.2) is 0 Å². The molecule has 0 heterocycles. The third-order valence-electron chi connectivity index (χ3n) is 8.84. The maximum absolute atomic E-state index is 2.70. The highest BCUT2D eigenvalue weighted by Gasteiger charge is 2.58. The molecule has 3 unspecified atom stereocenters. The average molecular weight is 367 g/mol. The van der Waals surface area contributed by atoms with Crippen molar-refractivity contribution in [1.82, 2.24) is 0 Å². The van der Waals surface area contributed by atoms with Gasteiger partial charge in [0.25, 0.3) is 0 Å². The minimum Gasteiger partial charge on any atom is -0.0654 e. The van der Waals surface area contributed by atoms with Crippen molar-refractivity contribution in [2.45, 2.75) is 146 Å². The minimum atomic E-state index is 0.389. The van der Waals surface area contributed by atoms with Crippen molar-refractivity contribution in [2.75, 3.05) is 0 Å². The van der Waals surface area contributed by atoms with Crippen LogP contribution in [-0.4, -0.2) is 0 Å². The van der Waals surface area contributed by atoms with Crippen molar-refractivity contribution < 1.29 is 0 Å². The molecule has 0 nitrogen and oxygen atoms in total. The van der Waals surface area contributed by atoms with Gasteiger partial charge < -0.3 is 0 Å². The van der Waals surface area contributed by atoms with Gasteiger partial charge >= 0.3 is 0 Å². The lowest BCUT2D eigenvalue weighted by atomic mass is 9.41. The van der Waals surface area contributed by atoms with E-state index in [2.05, 4.69) is 69.2 Å². The molecule has 3 atom stereocenters. The lowest BCUT2D eigenvalue weighted by Crippen LogP contribution is -2.55. The van der Waals surface area contributed by atoms with Gasteiger partial charge in [0.1, 0.15) is 0 Å². The van der Waals surface area contributed by atoms with Crippen molar-refractivity contribution in [2.24, 2.45) is 21.7 Å². The monoisotopic (exact) mass is 366 g/mol. The Hall–Kier alpha value is 0. The summed E-state index contributed by atoms with van der Waals surface area (Å²) in [5.74, 6) is 0. The normalized spacial score (nSPS) is 19.6. The second kappa shape index (κ2) is 11.1. The van der Waals surface area contributed by atoms with Crippen LogP contribution in [0.1, 0.15) is 146 Å². The fourth-order valence-corrected chi connectivity index (χ4v) is 5.95. The molecule has 0 fully saturated rings. The van der Waals surface area contributed by atoms with E-state index < -0.39 is 0 Å². The Labute approximate surface area is 168 Å². The van der Waals surface area contributed by atoms with Crippen LogP contribution in [0.15, 0.2) is 0 Å². The van der Waals surface area contributed by atoms with Crippen molar-refractivity contribution in [3.05, 3.63) is 0 Å². The van der Waals surface area contributed by atoms with Crippen LogP contribution in [0.2, 0.25) is 0 Å². The molecule has 0 bridgehead atoms. The second-order valence-corrected chi connectivity index (χ2v) is 10.5. The summed E-state index contributed by atoms with van der Waals surface area (Å²) < 4.78 is 0. The van der Waals surface area contributed by atoms with Crippen LogP contribution in [0.3, 0.4) is 0 Å². The van der Waals surface area contributed by atoms with E-state index in [9.17, 15) is 0 Å². The van der Waals surface area contributed by atoms with E-state index in [4.69, 9.17) is 0 Å². The van der Waals surface area contributed by atoms with Crippen LogP contribution >= 0.6 is 0 Å². The zero-order valence-electron chi connectivity index (χ0n) is 20.5. The molecule has 0 aromatic rings.